The van der Waals surface area contributed by atoms with Crippen LogP contribution in [0.3, 0.4) is 0 Å². The molecule has 11 nitrogen and oxygen atoms in total. The molecule has 1 saturated heterocycles. The number of carbonyl (C=O) groups is 6. The zero-order valence-corrected chi connectivity index (χ0v) is 23.5. The summed E-state index contributed by atoms with van der Waals surface area (Å²) < 4.78 is 5.48. The maximum atomic E-state index is 13.0. The van der Waals surface area contributed by atoms with Gasteiger partial charge in [-0.25, -0.2) is 4.79 Å². The number of halogens is 1. The van der Waals surface area contributed by atoms with Crippen LogP contribution >= 0.6 is 11.6 Å². The first-order chi connectivity index (χ1) is 19.4. The molecule has 0 aliphatic carbocycles. The lowest BCUT2D eigenvalue weighted by atomic mass is 10.0. The van der Waals surface area contributed by atoms with Gasteiger partial charge in [-0.1, -0.05) is 23.7 Å². The number of hydrogen-bond donors (Lipinski definition) is 2. The Balaban J connectivity index is 1.49. The molecule has 0 aromatic heterocycles. The van der Waals surface area contributed by atoms with Crippen LogP contribution in [0.1, 0.15) is 36.0 Å². The van der Waals surface area contributed by atoms with E-state index < -0.39 is 35.8 Å². The van der Waals surface area contributed by atoms with Gasteiger partial charge in [-0.15, -0.1) is 0 Å². The number of anilines is 1. The van der Waals surface area contributed by atoms with E-state index in [0.717, 1.165) is 22.1 Å². The number of ether oxygens (including phenoxy) is 1. The Morgan fingerprint density at radius 1 is 1.12 bits per heavy atom. The molecule has 2 aliphatic heterocycles. The van der Waals surface area contributed by atoms with Gasteiger partial charge in [0.05, 0.1) is 0 Å². The number of nitrogens with one attached hydrogen (secondary N) is 2. The molecule has 2 heterocycles. The molecule has 5 amide bonds. The minimum absolute atomic E-state index is 0.0163. The van der Waals surface area contributed by atoms with E-state index >= 15 is 0 Å². The van der Waals surface area contributed by atoms with Gasteiger partial charge in [0.15, 0.2) is 0 Å². The smallest absolute Gasteiger partial charge is 0.410 e. The fourth-order valence-electron chi connectivity index (χ4n) is 4.43. The summed E-state index contributed by atoms with van der Waals surface area (Å²) in [6, 6.07) is 9.09. The van der Waals surface area contributed by atoms with Crippen LogP contribution in [0.15, 0.2) is 48.2 Å². The molecule has 2 aromatic rings. The average molecular weight is 581 g/mol. The molecule has 2 aromatic carbocycles. The van der Waals surface area contributed by atoms with Gasteiger partial charge in [-0.05, 0) is 60.7 Å². The van der Waals surface area contributed by atoms with Crippen molar-refractivity contribution in [2.45, 2.75) is 45.1 Å². The summed E-state index contributed by atoms with van der Waals surface area (Å²) in [5, 5.41) is 5.62. The van der Waals surface area contributed by atoms with Crippen molar-refractivity contribution in [1.29, 1.82) is 0 Å². The quantitative estimate of drug-likeness (QED) is 0.431. The lowest BCUT2D eigenvalue weighted by Gasteiger charge is -2.28. The summed E-state index contributed by atoms with van der Waals surface area (Å²) in [4.78, 5) is 76.4. The molecule has 1 unspecified atom stereocenters. The molecule has 41 heavy (non-hydrogen) atoms. The molecule has 1 atom stereocenters. The molecule has 0 radical (unpaired) electrons. The van der Waals surface area contributed by atoms with E-state index in [0.29, 0.717) is 16.3 Å². The maximum Gasteiger partial charge on any atom is 0.414 e. The second-order valence-corrected chi connectivity index (χ2v) is 10.5. The topological polar surface area (TPSA) is 142 Å². The predicted octanol–water partition coefficient (Wildman–Crippen LogP) is 2.92. The van der Waals surface area contributed by atoms with Crippen molar-refractivity contribution in [3.8, 4) is 5.75 Å². The van der Waals surface area contributed by atoms with Crippen molar-refractivity contribution in [2.24, 2.45) is 0 Å². The third-order valence-corrected chi connectivity index (χ3v) is 7.10. The number of benzene rings is 2. The first-order valence-corrected chi connectivity index (χ1v) is 13.3. The normalized spacial score (nSPS) is 16.8. The van der Waals surface area contributed by atoms with Crippen LogP contribution in [-0.2, 0) is 36.8 Å². The minimum Gasteiger partial charge on any atom is -0.410 e. The molecule has 0 saturated carbocycles. The SMILES string of the molecule is Cc1ccc(CC(=O)CCc2cc(NC3=CC(=O)N(C4CCC(=O)NC4=O)C3=O)ccc2OC(=O)N(C)C)cc1Cl. The van der Waals surface area contributed by atoms with Crippen molar-refractivity contribution in [2.75, 3.05) is 19.4 Å². The second-order valence-electron chi connectivity index (χ2n) is 10.0. The van der Waals surface area contributed by atoms with Gasteiger partial charge in [-0.3, -0.25) is 34.2 Å². The number of amides is 5. The third kappa shape index (κ3) is 6.98. The first kappa shape index (κ1) is 29.5. The number of rotatable bonds is 9. The molecule has 0 bridgehead atoms. The zero-order valence-electron chi connectivity index (χ0n) is 22.8. The molecular weight excluding hydrogens is 552 g/mol. The molecule has 2 N–H and O–H groups in total. The van der Waals surface area contributed by atoms with Crippen molar-refractivity contribution in [3.63, 3.8) is 0 Å². The number of carbonyl (C=O) groups excluding carboxylic acids is 6. The van der Waals surface area contributed by atoms with E-state index in [-0.39, 0.29) is 49.3 Å². The highest BCUT2D eigenvalue weighted by Gasteiger charge is 2.42. The predicted molar refractivity (Wildman–Crippen MR) is 149 cm³/mol. The Morgan fingerprint density at radius 3 is 2.56 bits per heavy atom. The summed E-state index contributed by atoms with van der Waals surface area (Å²) in [5.74, 6) is -2.35. The van der Waals surface area contributed by atoms with Crippen molar-refractivity contribution < 1.29 is 33.5 Å². The van der Waals surface area contributed by atoms with Gasteiger partial charge in [0, 0.05) is 50.1 Å². The fraction of sp³-hybridized carbons (Fsp3) is 0.310. The number of aryl methyl sites for hydroxylation is 2. The van der Waals surface area contributed by atoms with Crippen LogP contribution in [-0.4, -0.2) is 65.4 Å². The van der Waals surface area contributed by atoms with E-state index in [9.17, 15) is 28.8 Å². The fourth-order valence-corrected chi connectivity index (χ4v) is 4.63. The summed E-state index contributed by atoms with van der Waals surface area (Å²) in [6.45, 7) is 1.88. The van der Waals surface area contributed by atoms with Crippen LogP contribution in [0.4, 0.5) is 10.5 Å². The highest BCUT2D eigenvalue weighted by Crippen LogP contribution is 2.28. The second kappa shape index (κ2) is 12.3. The molecule has 2 aliphatic rings. The first-order valence-electron chi connectivity index (χ1n) is 12.9. The van der Waals surface area contributed by atoms with Crippen LogP contribution in [0, 0.1) is 6.92 Å². The standard InChI is InChI=1S/C29H29ClN4O7/c1-16-4-5-17(13-21(16)30)12-20(35)8-6-18-14-19(7-10-24(18)41-29(40)33(2)3)31-22-15-26(37)34(28(22)39)23-9-11-25(36)32-27(23)38/h4-5,7,10,13-15,23,31H,6,8-9,11-12H2,1-3H3,(H,32,36,38). The van der Waals surface area contributed by atoms with E-state index in [1.807, 2.05) is 19.1 Å². The zero-order chi connectivity index (χ0) is 29.8. The van der Waals surface area contributed by atoms with E-state index in [4.69, 9.17) is 16.3 Å². The van der Waals surface area contributed by atoms with Crippen LogP contribution < -0.4 is 15.4 Å². The van der Waals surface area contributed by atoms with Gasteiger partial charge in [0.25, 0.3) is 11.8 Å². The highest BCUT2D eigenvalue weighted by molar-refractivity contribution is 6.31. The number of ketones is 1. The molecular formula is C29H29ClN4O7. The van der Waals surface area contributed by atoms with Crippen LogP contribution in [0.25, 0.3) is 0 Å². The Morgan fingerprint density at radius 2 is 1.88 bits per heavy atom. The number of hydrogen-bond acceptors (Lipinski definition) is 8. The number of Topliss-reactive ketones (excluding diaryl/α,β-unsaturated/α-hetero) is 1. The molecule has 1 fully saturated rings. The Bertz CT molecular complexity index is 1480. The average Bonchev–Trinajstić information content (AvgIpc) is 3.18. The molecule has 214 valence electrons. The van der Waals surface area contributed by atoms with Crippen LogP contribution in [0.5, 0.6) is 5.75 Å². The Hall–Kier alpha value is -4.51. The minimum atomic E-state index is -1.08. The van der Waals surface area contributed by atoms with Gasteiger partial charge >= 0.3 is 6.09 Å². The van der Waals surface area contributed by atoms with Gasteiger partial charge in [-0.2, -0.15) is 0 Å². The van der Waals surface area contributed by atoms with Crippen molar-refractivity contribution >= 4 is 52.8 Å². The summed E-state index contributed by atoms with van der Waals surface area (Å²) in [7, 11) is 3.08. The van der Waals surface area contributed by atoms with E-state index in [2.05, 4.69) is 10.6 Å². The molecule has 4 rings (SSSR count). The summed E-state index contributed by atoms with van der Waals surface area (Å²) in [6.07, 6.45) is 1.10. The molecule has 12 heteroatoms. The lowest BCUT2D eigenvalue weighted by Crippen LogP contribution is -2.54. The number of imide groups is 2. The largest absolute Gasteiger partial charge is 0.414 e. The summed E-state index contributed by atoms with van der Waals surface area (Å²) in [5.41, 5.74) is 2.57. The third-order valence-electron chi connectivity index (χ3n) is 6.69. The van der Waals surface area contributed by atoms with Gasteiger partial charge in [0.1, 0.15) is 23.3 Å². The van der Waals surface area contributed by atoms with Gasteiger partial charge in [0.2, 0.25) is 11.8 Å². The van der Waals surface area contributed by atoms with Gasteiger partial charge < -0.3 is 15.0 Å². The number of piperidine rings is 1. The van der Waals surface area contributed by atoms with E-state index in [1.165, 1.54) is 25.1 Å². The Kier molecular flexibility index (Phi) is 8.87. The number of nitrogens with zero attached hydrogens (tertiary/aromatic N) is 2. The highest BCUT2D eigenvalue weighted by atomic mass is 35.5. The van der Waals surface area contributed by atoms with Crippen molar-refractivity contribution in [3.05, 3.63) is 69.9 Å². The monoisotopic (exact) mass is 580 g/mol. The maximum absolute atomic E-state index is 13.0. The summed E-state index contributed by atoms with van der Waals surface area (Å²) >= 11 is 6.18. The lowest BCUT2D eigenvalue weighted by molar-refractivity contribution is -0.149. The van der Waals surface area contributed by atoms with E-state index in [1.54, 1.807) is 18.2 Å². The Labute approximate surface area is 241 Å². The molecule has 0 spiro atoms. The van der Waals surface area contributed by atoms with Crippen LogP contribution in [0.2, 0.25) is 5.02 Å². The van der Waals surface area contributed by atoms with Crippen molar-refractivity contribution in [1.82, 2.24) is 15.1 Å².